The van der Waals surface area contributed by atoms with Gasteiger partial charge < -0.3 is 4.90 Å². The standard InChI is InChI=1S/C16H22BrNO/c1-18-7-2-3-13(6-8-18)4-5-14-9-15(12-19)11-16(17)10-14/h9-13H,2-8H2,1H3. The maximum atomic E-state index is 10.9. The zero-order chi connectivity index (χ0) is 13.7. The topological polar surface area (TPSA) is 20.3 Å². The molecule has 0 N–H and O–H groups in total. The molecule has 1 aromatic carbocycles. The highest BCUT2D eigenvalue weighted by Crippen LogP contribution is 2.23. The normalized spacial score (nSPS) is 21.1. The minimum absolute atomic E-state index is 0.768. The summed E-state index contributed by atoms with van der Waals surface area (Å²) in [6.45, 7) is 2.46. The van der Waals surface area contributed by atoms with Crippen molar-refractivity contribution < 1.29 is 4.79 Å². The lowest BCUT2D eigenvalue weighted by atomic mass is 9.93. The fraction of sp³-hybridized carbons (Fsp3) is 0.562. The van der Waals surface area contributed by atoms with Gasteiger partial charge in [0.15, 0.2) is 0 Å². The van der Waals surface area contributed by atoms with Gasteiger partial charge in [-0.05, 0) is 81.9 Å². The Hall–Kier alpha value is -0.670. The quantitative estimate of drug-likeness (QED) is 0.782. The lowest BCUT2D eigenvalue weighted by Gasteiger charge is -2.15. The van der Waals surface area contributed by atoms with Crippen LogP contribution in [0.4, 0.5) is 0 Å². The van der Waals surface area contributed by atoms with Gasteiger partial charge in [-0.3, -0.25) is 4.79 Å². The van der Waals surface area contributed by atoms with Gasteiger partial charge in [-0.2, -0.15) is 0 Å². The second-order valence-electron chi connectivity index (χ2n) is 5.65. The number of carbonyl (C=O) groups excluding carboxylic acids is 1. The van der Waals surface area contributed by atoms with Crippen LogP contribution in [-0.2, 0) is 6.42 Å². The summed E-state index contributed by atoms with van der Waals surface area (Å²) in [5.41, 5.74) is 2.04. The molecule has 1 heterocycles. The molecule has 1 aromatic rings. The zero-order valence-electron chi connectivity index (χ0n) is 11.6. The Labute approximate surface area is 124 Å². The van der Waals surface area contributed by atoms with Crippen LogP contribution in [0.25, 0.3) is 0 Å². The third kappa shape index (κ3) is 4.73. The van der Waals surface area contributed by atoms with E-state index in [0.29, 0.717) is 0 Å². The molecular weight excluding hydrogens is 302 g/mol. The average Bonchev–Trinajstić information content (AvgIpc) is 2.60. The van der Waals surface area contributed by atoms with Crippen LogP contribution in [-0.4, -0.2) is 31.3 Å². The van der Waals surface area contributed by atoms with Gasteiger partial charge in [0, 0.05) is 10.0 Å². The van der Waals surface area contributed by atoms with E-state index in [0.717, 1.165) is 28.7 Å². The fourth-order valence-electron chi connectivity index (χ4n) is 2.86. The van der Waals surface area contributed by atoms with Crippen LogP contribution >= 0.6 is 15.9 Å². The van der Waals surface area contributed by atoms with E-state index in [1.54, 1.807) is 0 Å². The Morgan fingerprint density at radius 3 is 2.95 bits per heavy atom. The van der Waals surface area contributed by atoms with Crippen LogP contribution in [0.15, 0.2) is 22.7 Å². The highest BCUT2D eigenvalue weighted by atomic mass is 79.9. The summed E-state index contributed by atoms with van der Waals surface area (Å²) in [4.78, 5) is 13.3. The van der Waals surface area contributed by atoms with Crippen LogP contribution < -0.4 is 0 Å². The first-order valence-corrected chi connectivity index (χ1v) is 7.90. The highest BCUT2D eigenvalue weighted by Gasteiger charge is 2.14. The van der Waals surface area contributed by atoms with Crippen molar-refractivity contribution in [3.8, 4) is 0 Å². The van der Waals surface area contributed by atoms with Gasteiger partial charge in [0.05, 0.1) is 0 Å². The maximum absolute atomic E-state index is 10.9. The van der Waals surface area contributed by atoms with Gasteiger partial charge in [0.2, 0.25) is 0 Å². The van der Waals surface area contributed by atoms with E-state index in [1.807, 2.05) is 12.1 Å². The largest absolute Gasteiger partial charge is 0.306 e. The molecule has 1 aliphatic rings. The van der Waals surface area contributed by atoms with Gasteiger partial charge in [0.25, 0.3) is 0 Å². The number of hydrogen-bond donors (Lipinski definition) is 0. The number of likely N-dealkylation sites (tertiary alicyclic amines) is 1. The van der Waals surface area contributed by atoms with Crippen LogP contribution in [0, 0.1) is 5.92 Å². The Kier molecular flexibility index (Phi) is 5.59. The van der Waals surface area contributed by atoms with E-state index in [4.69, 9.17) is 0 Å². The first-order valence-electron chi connectivity index (χ1n) is 7.10. The van der Waals surface area contributed by atoms with Crippen LogP contribution in [0.2, 0.25) is 0 Å². The first-order chi connectivity index (χ1) is 9.17. The summed E-state index contributed by atoms with van der Waals surface area (Å²) in [6.07, 6.45) is 7.22. The monoisotopic (exact) mass is 323 g/mol. The van der Waals surface area contributed by atoms with Crippen molar-refractivity contribution in [1.82, 2.24) is 4.90 Å². The van der Waals surface area contributed by atoms with Crippen LogP contribution in [0.3, 0.4) is 0 Å². The number of aryl methyl sites for hydroxylation is 1. The summed E-state index contributed by atoms with van der Waals surface area (Å²) < 4.78 is 1.01. The Bertz CT molecular complexity index is 433. The summed E-state index contributed by atoms with van der Waals surface area (Å²) in [5, 5.41) is 0. The summed E-state index contributed by atoms with van der Waals surface area (Å²) in [5.74, 6) is 0.837. The molecule has 1 unspecified atom stereocenters. The predicted octanol–water partition coefficient (Wildman–Crippen LogP) is 3.93. The molecule has 0 aromatic heterocycles. The van der Waals surface area contributed by atoms with Gasteiger partial charge in [-0.1, -0.05) is 15.9 Å². The van der Waals surface area contributed by atoms with Gasteiger partial charge in [0.1, 0.15) is 6.29 Å². The molecule has 0 bridgehead atoms. The van der Waals surface area contributed by atoms with Crippen molar-refractivity contribution in [2.75, 3.05) is 20.1 Å². The Morgan fingerprint density at radius 2 is 2.16 bits per heavy atom. The number of nitrogens with zero attached hydrogens (tertiary/aromatic N) is 1. The minimum Gasteiger partial charge on any atom is -0.306 e. The van der Waals surface area contributed by atoms with Gasteiger partial charge in [-0.15, -0.1) is 0 Å². The van der Waals surface area contributed by atoms with E-state index in [1.165, 1.54) is 44.3 Å². The van der Waals surface area contributed by atoms with Gasteiger partial charge >= 0.3 is 0 Å². The van der Waals surface area contributed by atoms with Crippen molar-refractivity contribution in [1.29, 1.82) is 0 Å². The summed E-state index contributed by atoms with van der Waals surface area (Å²) in [6, 6.07) is 6.02. The molecule has 0 spiro atoms. The van der Waals surface area contributed by atoms with Gasteiger partial charge in [-0.25, -0.2) is 0 Å². The van der Waals surface area contributed by atoms with Crippen molar-refractivity contribution in [2.24, 2.45) is 5.92 Å². The lowest BCUT2D eigenvalue weighted by molar-refractivity contribution is 0.112. The Morgan fingerprint density at radius 1 is 1.32 bits per heavy atom. The summed E-state index contributed by atoms with van der Waals surface area (Å²) in [7, 11) is 2.22. The molecule has 1 saturated heterocycles. The smallest absolute Gasteiger partial charge is 0.150 e. The molecular formula is C16H22BrNO. The predicted molar refractivity (Wildman–Crippen MR) is 82.7 cm³/mol. The molecule has 3 heteroatoms. The van der Waals surface area contributed by atoms with E-state index in [2.05, 4.69) is 33.9 Å². The zero-order valence-corrected chi connectivity index (χ0v) is 13.2. The summed E-state index contributed by atoms with van der Waals surface area (Å²) >= 11 is 3.47. The minimum atomic E-state index is 0.768. The van der Waals surface area contributed by atoms with E-state index < -0.39 is 0 Å². The molecule has 1 atom stereocenters. The van der Waals surface area contributed by atoms with E-state index >= 15 is 0 Å². The number of halogens is 1. The van der Waals surface area contributed by atoms with Crippen LogP contribution in [0.5, 0.6) is 0 Å². The molecule has 1 fully saturated rings. The third-order valence-corrected chi connectivity index (χ3v) is 4.49. The molecule has 19 heavy (non-hydrogen) atoms. The van der Waals surface area contributed by atoms with Crippen molar-refractivity contribution in [2.45, 2.75) is 32.1 Å². The SMILES string of the molecule is CN1CCCC(CCc2cc(Br)cc(C=O)c2)CC1. The molecule has 0 saturated carbocycles. The van der Waals surface area contributed by atoms with E-state index in [-0.39, 0.29) is 0 Å². The van der Waals surface area contributed by atoms with Crippen molar-refractivity contribution >= 4 is 22.2 Å². The molecule has 0 amide bonds. The number of aldehydes is 1. The second-order valence-corrected chi connectivity index (χ2v) is 6.57. The number of benzene rings is 1. The molecule has 2 rings (SSSR count). The second kappa shape index (κ2) is 7.20. The maximum Gasteiger partial charge on any atom is 0.150 e. The molecule has 0 radical (unpaired) electrons. The van der Waals surface area contributed by atoms with Crippen molar-refractivity contribution in [3.05, 3.63) is 33.8 Å². The number of carbonyl (C=O) groups is 1. The Balaban J connectivity index is 1.91. The van der Waals surface area contributed by atoms with Crippen LogP contribution in [0.1, 0.15) is 41.6 Å². The average molecular weight is 324 g/mol. The molecule has 104 valence electrons. The van der Waals surface area contributed by atoms with Crippen molar-refractivity contribution in [3.63, 3.8) is 0 Å². The third-order valence-electron chi connectivity index (χ3n) is 4.03. The fourth-order valence-corrected chi connectivity index (χ4v) is 3.41. The first kappa shape index (κ1) is 14.7. The lowest BCUT2D eigenvalue weighted by Crippen LogP contribution is -2.18. The number of rotatable bonds is 4. The highest BCUT2D eigenvalue weighted by molar-refractivity contribution is 9.10. The molecule has 2 nitrogen and oxygen atoms in total. The number of hydrogen-bond acceptors (Lipinski definition) is 2. The molecule has 1 aliphatic heterocycles. The van der Waals surface area contributed by atoms with E-state index in [9.17, 15) is 4.79 Å². The molecule has 0 aliphatic carbocycles.